The van der Waals surface area contributed by atoms with E-state index in [0.29, 0.717) is 6.04 Å². The Morgan fingerprint density at radius 2 is 2.21 bits per heavy atom. The zero-order chi connectivity index (χ0) is 13.7. The quantitative estimate of drug-likeness (QED) is 0.870. The van der Waals surface area contributed by atoms with Crippen LogP contribution >= 0.6 is 11.6 Å². The van der Waals surface area contributed by atoms with Gasteiger partial charge < -0.3 is 10.1 Å². The summed E-state index contributed by atoms with van der Waals surface area (Å²) in [7, 11) is 2.01. The molecule has 106 valence electrons. The van der Waals surface area contributed by atoms with Gasteiger partial charge in [0.15, 0.2) is 0 Å². The first-order valence-electron chi connectivity index (χ1n) is 7.11. The summed E-state index contributed by atoms with van der Waals surface area (Å²) in [4.78, 5) is 4.05. The maximum atomic E-state index is 6.22. The van der Waals surface area contributed by atoms with Crippen molar-refractivity contribution in [3.8, 4) is 0 Å². The molecule has 1 fully saturated rings. The Kier molecular flexibility index (Phi) is 5.20. The fourth-order valence-corrected chi connectivity index (χ4v) is 3.39. The number of nitrogens with zero attached hydrogens (tertiary/aromatic N) is 1. The summed E-state index contributed by atoms with van der Waals surface area (Å²) in [5.74, 6) is 0. The third kappa shape index (κ3) is 3.28. The molecule has 0 radical (unpaired) electrons. The highest BCUT2D eigenvalue weighted by molar-refractivity contribution is 6.31. The van der Waals surface area contributed by atoms with Crippen molar-refractivity contribution in [3.05, 3.63) is 29.0 Å². The Morgan fingerprint density at radius 1 is 1.47 bits per heavy atom. The summed E-state index contributed by atoms with van der Waals surface area (Å²) in [6.45, 7) is 2.84. The van der Waals surface area contributed by atoms with Gasteiger partial charge in [0.05, 0.1) is 10.6 Å². The van der Waals surface area contributed by atoms with E-state index in [2.05, 4.69) is 17.2 Å². The van der Waals surface area contributed by atoms with Crippen molar-refractivity contribution in [2.24, 2.45) is 0 Å². The van der Waals surface area contributed by atoms with Crippen molar-refractivity contribution in [1.82, 2.24) is 10.3 Å². The molecule has 1 atom stereocenters. The fraction of sp³-hybridized carbons (Fsp3) is 0.667. The van der Waals surface area contributed by atoms with Crippen LogP contribution in [0, 0.1) is 0 Å². The summed E-state index contributed by atoms with van der Waals surface area (Å²) in [6, 6.07) is 2.30. The summed E-state index contributed by atoms with van der Waals surface area (Å²) in [5.41, 5.74) is 1.11. The number of nitrogens with one attached hydrogen (secondary N) is 1. The van der Waals surface area contributed by atoms with Crippen molar-refractivity contribution in [3.63, 3.8) is 0 Å². The van der Waals surface area contributed by atoms with E-state index in [1.54, 1.807) is 12.4 Å². The standard InChI is InChI=1S/C15H23ClN2O/c1-3-19-15(7-4-5-8-15)14(17-2)10-12-6-9-18-11-13(12)16/h6,9,11,14,17H,3-5,7-8,10H2,1-2H3. The van der Waals surface area contributed by atoms with Crippen LogP contribution in [0.15, 0.2) is 18.5 Å². The van der Waals surface area contributed by atoms with E-state index in [4.69, 9.17) is 16.3 Å². The molecule has 1 saturated carbocycles. The van der Waals surface area contributed by atoms with Gasteiger partial charge >= 0.3 is 0 Å². The molecule has 0 saturated heterocycles. The average Bonchev–Trinajstić information content (AvgIpc) is 2.88. The second kappa shape index (κ2) is 6.69. The highest BCUT2D eigenvalue weighted by atomic mass is 35.5. The minimum absolute atomic E-state index is 0.0316. The summed E-state index contributed by atoms with van der Waals surface area (Å²) < 4.78 is 6.13. The molecular formula is C15H23ClN2O. The van der Waals surface area contributed by atoms with Gasteiger partial charge in [-0.2, -0.15) is 0 Å². The molecule has 0 aliphatic heterocycles. The summed E-state index contributed by atoms with van der Waals surface area (Å²) in [5, 5.41) is 4.18. The van der Waals surface area contributed by atoms with E-state index in [9.17, 15) is 0 Å². The van der Waals surface area contributed by atoms with Crippen molar-refractivity contribution in [2.75, 3.05) is 13.7 Å². The average molecular weight is 283 g/mol. The molecule has 0 aromatic carbocycles. The number of pyridine rings is 1. The van der Waals surface area contributed by atoms with E-state index >= 15 is 0 Å². The molecule has 2 rings (SSSR count). The summed E-state index contributed by atoms with van der Waals surface area (Å²) >= 11 is 6.22. The smallest absolute Gasteiger partial charge is 0.0837 e. The second-order valence-electron chi connectivity index (χ2n) is 5.22. The van der Waals surface area contributed by atoms with Crippen LogP contribution in [-0.2, 0) is 11.2 Å². The molecular weight excluding hydrogens is 260 g/mol. The third-order valence-electron chi connectivity index (χ3n) is 4.15. The number of ether oxygens (including phenoxy) is 1. The van der Waals surface area contributed by atoms with Crippen LogP contribution in [0.2, 0.25) is 5.02 Å². The Morgan fingerprint density at radius 3 is 2.79 bits per heavy atom. The Balaban J connectivity index is 2.17. The molecule has 0 amide bonds. The number of rotatable bonds is 6. The molecule has 1 heterocycles. The van der Waals surface area contributed by atoms with Gasteiger partial charge in [-0.1, -0.05) is 24.4 Å². The molecule has 1 aliphatic carbocycles. The normalized spacial score (nSPS) is 19.5. The van der Waals surface area contributed by atoms with E-state index in [-0.39, 0.29) is 5.60 Å². The van der Waals surface area contributed by atoms with Crippen LogP contribution in [0.1, 0.15) is 38.2 Å². The molecule has 1 unspecified atom stereocenters. The van der Waals surface area contributed by atoms with E-state index < -0.39 is 0 Å². The molecule has 19 heavy (non-hydrogen) atoms. The lowest BCUT2D eigenvalue weighted by molar-refractivity contribution is -0.0597. The maximum absolute atomic E-state index is 6.22. The predicted molar refractivity (Wildman–Crippen MR) is 78.6 cm³/mol. The zero-order valence-corrected chi connectivity index (χ0v) is 12.5. The fourth-order valence-electron chi connectivity index (χ4n) is 3.19. The topological polar surface area (TPSA) is 34.1 Å². The first-order chi connectivity index (χ1) is 9.22. The van der Waals surface area contributed by atoms with Gasteiger partial charge in [0, 0.05) is 25.0 Å². The molecule has 0 spiro atoms. The SMILES string of the molecule is CCOC1(C(Cc2ccncc2Cl)NC)CCCC1. The lowest BCUT2D eigenvalue weighted by Crippen LogP contribution is -2.51. The van der Waals surface area contributed by atoms with Crippen molar-refractivity contribution in [1.29, 1.82) is 0 Å². The van der Waals surface area contributed by atoms with Crippen LogP contribution in [0.3, 0.4) is 0 Å². The van der Waals surface area contributed by atoms with Gasteiger partial charge in [-0.05, 0) is 44.9 Å². The number of halogens is 1. The van der Waals surface area contributed by atoms with Gasteiger partial charge in [-0.25, -0.2) is 0 Å². The number of hydrogen-bond donors (Lipinski definition) is 1. The maximum Gasteiger partial charge on any atom is 0.0837 e. The Bertz CT molecular complexity index is 405. The molecule has 1 aliphatic rings. The number of aromatic nitrogens is 1. The van der Waals surface area contributed by atoms with Crippen LogP contribution in [0.4, 0.5) is 0 Å². The molecule has 4 heteroatoms. The highest BCUT2D eigenvalue weighted by Crippen LogP contribution is 2.37. The molecule has 0 bridgehead atoms. The lowest BCUT2D eigenvalue weighted by atomic mass is 9.87. The van der Waals surface area contributed by atoms with Gasteiger partial charge in [-0.3, -0.25) is 4.98 Å². The van der Waals surface area contributed by atoms with E-state index in [1.807, 2.05) is 13.1 Å². The van der Waals surface area contributed by atoms with Crippen molar-refractivity contribution in [2.45, 2.75) is 50.7 Å². The van der Waals surface area contributed by atoms with E-state index in [1.165, 1.54) is 12.8 Å². The molecule has 1 aromatic heterocycles. The monoisotopic (exact) mass is 282 g/mol. The first kappa shape index (κ1) is 14.8. The Hall–Kier alpha value is -0.640. The number of likely N-dealkylation sites (N-methyl/N-ethyl adjacent to an activating group) is 1. The minimum atomic E-state index is -0.0316. The zero-order valence-electron chi connectivity index (χ0n) is 11.8. The minimum Gasteiger partial charge on any atom is -0.374 e. The van der Waals surface area contributed by atoms with Crippen LogP contribution in [0.5, 0.6) is 0 Å². The lowest BCUT2D eigenvalue weighted by Gasteiger charge is -2.37. The highest BCUT2D eigenvalue weighted by Gasteiger charge is 2.41. The largest absolute Gasteiger partial charge is 0.374 e. The van der Waals surface area contributed by atoms with Crippen LogP contribution in [0.25, 0.3) is 0 Å². The first-order valence-corrected chi connectivity index (χ1v) is 7.49. The summed E-state index contributed by atoms with van der Waals surface area (Å²) in [6.07, 6.45) is 9.17. The Labute approximate surface area is 120 Å². The number of hydrogen-bond acceptors (Lipinski definition) is 3. The van der Waals surface area contributed by atoms with Crippen molar-refractivity contribution >= 4 is 11.6 Å². The van der Waals surface area contributed by atoms with Crippen LogP contribution < -0.4 is 5.32 Å². The van der Waals surface area contributed by atoms with Gasteiger partial charge in [-0.15, -0.1) is 0 Å². The molecule has 1 N–H and O–H groups in total. The molecule has 1 aromatic rings. The second-order valence-corrected chi connectivity index (χ2v) is 5.62. The van der Waals surface area contributed by atoms with Crippen molar-refractivity contribution < 1.29 is 4.74 Å². The van der Waals surface area contributed by atoms with E-state index in [0.717, 1.165) is 36.5 Å². The van der Waals surface area contributed by atoms with Gasteiger partial charge in [0.25, 0.3) is 0 Å². The predicted octanol–water partition coefficient (Wildman–Crippen LogP) is 3.21. The third-order valence-corrected chi connectivity index (χ3v) is 4.49. The molecule has 3 nitrogen and oxygen atoms in total. The van der Waals surface area contributed by atoms with Gasteiger partial charge in [0.1, 0.15) is 0 Å². The van der Waals surface area contributed by atoms with Gasteiger partial charge in [0.2, 0.25) is 0 Å². The van der Waals surface area contributed by atoms with Crippen LogP contribution in [-0.4, -0.2) is 30.3 Å².